The lowest BCUT2D eigenvalue weighted by molar-refractivity contribution is 0.620. The van der Waals surface area contributed by atoms with Crippen molar-refractivity contribution in [3.8, 4) is 0 Å². The van der Waals surface area contributed by atoms with Crippen LogP contribution in [0.4, 0.5) is 0 Å². The third-order valence-corrected chi connectivity index (χ3v) is 2.85. The van der Waals surface area contributed by atoms with Crippen LogP contribution in [-0.2, 0) is 0 Å². The molecule has 0 saturated heterocycles. The van der Waals surface area contributed by atoms with Crippen LogP contribution in [0.3, 0.4) is 0 Å². The van der Waals surface area contributed by atoms with E-state index in [1.165, 1.54) is 0 Å². The van der Waals surface area contributed by atoms with Gasteiger partial charge in [-0.25, -0.2) is 0 Å². The van der Waals surface area contributed by atoms with Crippen LogP contribution >= 0.6 is 23.2 Å². The second kappa shape index (κ2) is 3.56. The van der Waals surface area contributed by atoms with Crippen LogP contribution in [-0.4, -0.2) is 6.21 Å². The van der Waals surface area contributed by atoms with Gasteiger partial charge >= 0.3 is 0 Å². The fourth-order valence-corrected chi connectivity index (χ4v) is 1.78. The topological polar surface area (TPSA) is 24.4 Å². The molecule has 0 aliphatic carbocycles. The Bertz CT molecular complexity index is 341. The predicted molar refractivity (Wildman–Crippen MR) is 55.4 cm³/mol. The van der Waals surface area contributed by atoms with Gasteiger partial charge in [0.15, 0.2) is 0 Å². The van der Waals surface area contributed by atoms with E-state index in [2.05, 4.69) is 10.5 Å². The van der Waals surface area contributed by atoms with E-state index >= 15 is 0 Å². The summed E-state index contributed by atoms with van der Waals surface area (Å²) in [7, 11) is 0. The highest BCUT2D eigenvalue weighted by atomic mass is 35.5. The van der Waals surface area contributed by atoms with Crippen molar-refractivity contribution in [3.05, 3.63) is 33.8 Å². The molecule has 1 aliphatic heterocycles. The SMILES string of the molecule is Clc1cccc(C2CC=NN2)c1Cl. The maximum absolute atomic E-state index is 6.05. The molecular formula is C9H8Cl2N2. The van der Waals surface area contributed by atoms with Crippen LogP contribution < -0.4 is 5.43 Å². The third-order valence-electron chi connectivity index (χ3n) is 2.02. The van der Waals surface area contributed by atoms with Crippen LogP contribution in [0.15, 0.2) is 23.3 Å². The minimum Gasteiger partial charge on any atom is -0.302 e. The number of benzene rings is 1. The lowest BCUT2D eigenvalue weighted by Crippen LogP contribution is -2.09. The predicted octanol–water partition coefficient (Wildman–Crippen LogP) is 3.01. The van der Waals surface area contributed by atoms with Crippen molar-refractivity contribution in [3.63, 3.8) is 0 Å². The molecule has 2 rings (SSSR count). The number of rotatable bonds is 1. The fourth-order valence-electron chi connectivity index (χ4n) is 1.34. The van der Waals surface area contributed by atoms with Crippen LogP contribution in [0.2, 0.25) is 10.0 Å². The highest BCUT2D eigenvalue weighted by Gasteiger charge is 2.17. The van der Waals surface area contributed by atoms with Crippen LogP contribution in [0, 0.1) is 0 Å². The molecule has 0 amide bonds. The summed E-state index contributed by atoms with van der Waals surface area (Å²) in [6.45, 7) is 0. The number of hydrazone groups is 1. The van der Waals surface area contributed by atoms with E-state index in [9.17, 15) is 0 Å². The minimum atomic E-state index is 0.172. The Morgan fingerprint density at radius 3 is 2.92 bits per heavy atom. The highest BCUT2D eigenvalue weighted by Crippen LogP contribution is 2.31. The maximum Gasteiger partial charge on any atom is 0.0754 e. The molecule has 13 heavy (non-hydrogen) atoms. The summed E-state index contributed by atoms with van der Waals surface area (Å²) in [6.07, 6.45) is 2.70. The van der Waals surface area contributed by atoms with Crippen molar-refractivity contribution in [1.82, 2.24) is 5.43 Å². The molecule has 1 aromatic carbocycles. The van der Waals surface area contributed by atoms with Crippen molar-refractivity contribution in [2.24, 2.45) is 5.10 Å². The average Bonchev–Trinajstić information content (AvgIpc) is 2.62. The molecular weight excluding hydrogens is 207 g/mol. The van der Waals surface area contributed by atoms with E-state index in [1.54, 1.807) is 6.07 Å². The summed E-state index contributed by atoms with van der Waals surface area (Å²) < 4.78 is 0. The van der Waals surface area contributed by atoms with E-state index in [1.807, 2.05) is 18.3 Å². The number of halogens is 2. The van der Waals surface area contributed by atoms with Crippen molar-refractivity contribution in [1.29, 1.82) is 0 Å². The zero-order chi connectivity index (χ0) is 9.26. The number of hydrogen-bond donors (Lipinski definition) is 1. The molecule has 2 nitrogen and oxygen atoms in total. The van der Waals surface area contributed by atoms with Gasteiger partial charge in [0.2, 0.25) is 0 Å². The molecule has 0 radical (unpaired) electrons. The van der Waals surface area contributed by atoms with Crippen LogP contribution in [0.25, 0.3) is 0 Å². The largest absolute Gasteiger partial charge is 0.302 e. The number of nitrogens with zero attached hydrogens (tertiary/aromatic N) is 1. The summed E-state index contributed by atoms with van der Waals surface area (Å²) in [5, 5.41) is 5.14. The van der Waals surface area contributed by atoms with Gasteiger partial charge < -0.3 is 5.43 Å². The monoisotopic (exact) mass is 214 g/mol. The molecule has 0 aromatic heterocycles. The molecule has 1 aromatic rings. The highest BCUT2D eigenvalue weighted by molar-refractivity contribution is 6.42. The van der Waals surface area contributed by atoms with Crippen LogP contribution in [0.5, 0.6) is 0 Å². The summed E-state index contributed by atoms with van der Waals surface area (Å²) >= 11 is 11.9. The van der Waals surface area contributed by atoms with Gasteiger partial charge in [0.1, 0.15) is 0 Å². The van der Waals surface area contributed by atoms with Gasteiger partial charge in [0.05, 0.1) is 16.1 Å². The van der Waals surface area contributed by atoms with Gasteiger partial charge in [-0.05, 0) is 11.6 Å². The lowest BCUT2D eigenvalue weighted by Gasteiger charge is -2.12. The first-order valence-electron chi connectivity index (χ1n) is 4.00. The van der Waals surface area contributed by atoms with Crippen molar-refractivity contribution in [2.75, 3.05) is 0 Å². The molecule has 0 fully saturated rings. The summed E-state index contributed by atoms with van der Waals surface area (Å²) in [5.74, 6) is 0. The van der Waals surface area contributed by atoms with Gasteiger partial charge in [0.25, 0.3) is 0 Å². The average molecular weight is 215 g/mol. The Balaban J connectivity index is 2.34. The lowest BCUT2D eigenvalue weighted by atomic mass is 10.1. The third kappa shape index (κ3) is 1.64. The van der Waals surface area contributed by atoms with Crippen molar-refractivity contribution in [2.45, 2.75) is 12.5 Å². The molecule has 0 spiro atoms. The van der Waals surface area contributed by atoms with E-state index in [0.29, 0.717) is 10.0 Å². The molecule has 0 bridgehead atoms. The van der Waals surface area contributed by atoms with Gasteiger partial charge in [-0.15, -0.1) is 0 Å². The summed E-state index contributed by atoms with van der Waals surface area (Å²) in [4.78, 5) is 0. The van der Waals surface area contributed by atoms with Crippen molar-refractivity contribution < 1.29 is 0 Å². The Morgan fingerprint density at radius 2 is 2.23 bits per heavy atom. The maximum atomic E-state index is 6.05. The van der Waals surface area contributed by atoms with Crippen LogP contribution in [0.1, 0.15) is 18.0 Å². The first-order chi connectivity index (χ1) is 6.29. The summed E-state index contributed by atoms with van der Waals surface area (Å²) in [5.41, 5.74) is 3.97. The number of nitrogens with one attached hydrogen (secondary N) is 1. The Morgan fingerprint density at radius 1 is 1.38 bits per heavy atom. The Labute approximate surface area is 86.5 Å². The van der Waals surface area contributed by atoms with E-state index in [0.717, 1.165) is 12.0 Å². The quantitative estimate of drug-likeness (QED) is 0.764. The molecule has 1 N–H and O–H groups in total. The molecule has 1 atom stereocenters. The first-order valence-corrected chi connectivity index (χ1v) is 4.75. The van der Waals surface area contributed by atoms with Gasteiger partial charge in [0, 0.05) is 12.6 Å². The summed E-state index contributed by atoms with van der Waals surface area (Å²) in [6, 6.07) is 5.80. The van der Waals surface area contributed by atoms with E-state index < -0.39 is 0 Å². The Hall–Kier alpha value is -0.730. The fraction of sp³-hybridized carbons (Fsp3) is 0.222. The molecule has 4 heteroatoms. The second-order valence-corrected chi connectivity index (χ2v) is 3.66. The Kier molecular flexibility index (Phi) is 2.42. The zero-order valence-electron chi connectivity index (χ0n) is 6.80. The smallest absolute Gasteiger partial charge is 0.0754 e. The molecule has 68 valence electrons. The van der Waals surface area contributed by atoms with E-state index in [-0.39, 0.29) is 6.04 Å². The van der Waals surface area contributed by atoms with Gasteiger partial charge in [-0.2, -0.15) is 5.10 Å². The molecule has 1 unspecified atom stereocenters. The normalized spacial score (nSPS) is 20.3. The molecule has 0 saturated carbocycles. The second-order valence-electron chi connectivity index (χ2n) is 2.87. The zero-order valence-corrected chi connectivity index (χ0v) is 8.31. The van der Waals surface area contributed by atoms with Crippen molar-refractivity contribution >= 4 is 29.4 Å². The standard InChI is InChI=1S/C9H8Cl2N2/c10-7-3-1-2-6(9(7)11)8-4-5-12-13-8/h1-3,5,8,13H,4H2. The van der Waals surface area contributed by atoms with Gasteiger partial charge in [-0.3, -0.25) is 0 Å². The minimum absolute atomic E-state index is 0.172. The molecule has 1 heterocycles. The first kappa shape index (κ1) is 8.85. The van der Waals surface area contributed by atoms with E-state index in [4.69, 9.17) is 23.2 Å². The molecule has 1 aliphatic rings. The number of hydrogen-bond acceptors (Lipinski definition) is 2. The van der Waals surface area contributed by atoms with Gasteiger partial charge in [-0.1, -0.05) is 35.3 Å².